The van der Waals surface area contributed by atoms with Crippen molar-refractivity contribution in [3.63, 3.8) is 0 Å². The fourth-order valence-electron chi connectivity index (χ4n) is 7.62. The molecule has 1 heterocycles. The predicted molar refractivity (Wildman–Crippen MR) is 197 cm³/mol. The van der Waals surface area contributed by atoms with Crippen molar-refractivity contribution in [2.45, 2.75) is 173 Å². The Labute approximate surface area is 306 Å². The first kappa shape index (κ1) is 41.1. The number of Topliss-reactive ketones (excluding diaryl/α,β-unsaturated/α-hetero) is 1. The van der Waals surface area contributed by atoms with Crippen molar-refractivity contribution < 1.29 is 32.4 Å². The third-order valence-electron chi connectivity index (χ3n) is 11.4. The predicted octanol–water partition coefficient (Wildman–Crippen LogP) is 4.40. The molecule has 0 aromatic rings. The Balaban J connectivity index is 1.53. The van der Waals surface area contributed by atoms with Crippen LogP contribution < -0.4 is 21.3 Å². The molecule has 4 rings (SSSR count). The molecule has 12 nitrogen and oxygen atoms in total. The van der Waals surface area contributed by atoms with Gasteiger partial charge >= 0.3 is 6.03 Å². The number of sulfone groups is 1. The number of carbonyl (C=O) groups is 5. The largest absolute Gasteiger partial charge is 0.347 e. The van der Waals surface area contributed by atoms with Gasteiger partial charge < -0.3 is 26.2 Å². The van der Waals surface area contributed by atoms with Gasteiger partial charge in [0, 0.05) is 12.6 Å². The van der Waals surface area contributed by atoms with E-state index in [4.69, 9.17) is 0 Å². The number of amides is 5. The van der Waals surface area contributed by atoms with E-state index in [9.17, 15) is 32.4 Å². The number of urea groups is 1. The molecule has 4 fully saturated rings. The summed E-state index contributed by atoms with van der Waals surface area (Å²) in [5.41, 5.74) is -1.71. The van der Waals surface area contributed by atoms with Crippen molar-refractivity contribution in [3.8, 4) is 0 Å². The van der Waals surface area contributed by atoms with Crippen LogP contribution in [0.2, 0.25) is 0 Å². The van der Waals surface area contributed by atoms with E-state index < -0.39 is 73.2 Å². The van der Waals surface area contributed by atoms with Gasteiger partial charge in [-0.2, -0.15) is 0 Å². The zero-order valence-electron chi connectivity index (χ0n) is 32.4. The second-order valence-corrected chi connectivity index (χ2v) is 21.1. The zero-order valence-corrected chi connectivity index (χ0v) is 33.2. The number of hydrogen-bond donors (Lipinski definition) is 4. The van der Waals surface area contributed by atoms with Crippen LogP contribution in [0.5, 0.6) is 0 Å². The maximum Gasteiger partial charge on any atom is 0.315 e. The molecule has 0 aromatic carbocycles. The first-order chi connectivity index (χ1) is 23.6. The third kappa shape index (κ3) is 10.9. The van der Waals surface area contributed by atoms with Gasteiger partial charge in [0.15, 0.2) is 9.84 Å². The van der Waals surface area contributed by atoms with Gasteiger partial charge in [-0.1, -0.05) is 79.6 Å². The topological polar surface area (TPSA) is 171 Å². The fourth-order valence-corrected chi connectivity index (χ4v) is 9.14. The highest BCUT2D eigenvalue weighted by atomic mass is 32.2. The molecule has 3 aliphatic carbocycles. The SMILES string of the molecule is CC(C)[C@H]1CCN(C(=O)[C@@H](NC(=O)NC2(CS(=O)(=O)C(C)(C)C)CCCCC2)C(C)(C)C)[C@@H]1C(=O)N[C@H](CCCC1CC1)C(=O)C(=O)NC1CC1. The van der Waals surface area contributed by atoms with Crippen LogP contribution in [0, 0.1) is 23.2 Å². The van der Waals surface area contributed by atoms with Crippen molar-refractivity contribution >= 4 is 39.4 Å². The van der Waals surface area contributed by atoms with E-state index in [1.165, 1.54) is 17.7 Å². The molecule has 0 spiro atoms. The summed E-state index contributed by atoms with van der Waals surface area (Å²) in [6, 6.07) is -3.51. The highest BCUT2D eigenvalue weighted by Crippen LogP contribution is 2.36. The van der Waals surface area contributed by atoms with Gasteiger partial charge in [0.1, 0.15) is 12.1 Å². The number of rotatable bonds is 15. The number of likely N-dealkylation sites (tertiary alicyclic amines) is 1. The lowest BCUT2D eigenvalue weighted by atomic mass is 9.83. The van der Waals surface area contributed by atoms with Crippen LogP contribution in [-0.4, -0.2) is 89.6 Å². The van der Waals surface area contributed by atoms with Gasteiger partial charge in [0.25, 0.3) is 5.91 Å². The van der Waals surface area contributed by atoms with E-state index in [0.29, 0.717) is 44.6 Å². The minimum Gasteiger partial charge on any atom is -0.347 e. The van der Waals surface area contributed by atoms with Gasteiger partial charge in [0.05, 0.1) is 22.1 Å². The van der Waals surface area contributed by atoms with Crippen LogP contribution in [0.1, 0.15) is 139 Å². The van der Waals surface area contributed by atoms with Crippen molar-refractivity contribution in [3.05, 3.63) is 0 Å². The van der Waals surface area contributed by atoms with E-state index in [1.807, 2.05) is 34.6 Å². The van der Waals surface area contributed by atoms with Crippen LogP contribution >= 0.6 is 0 Å². The second kappa shape index (κ2) is 16.1. The number of carbonyl (C=O) groups excluding carboxylic acids is 5. The molecule has 0 bridgehead atoms. The first-order valence-electron chi connectivity index (χ1n) is 19.4. The summed E-state index contributed by atoms with van der Waals surface area (Å²) in [5, 5.41) is 11.6. The van der Waals surface area contributed by atoms with Gasteiger partial charge in [0.2, 0.25) is 17.6 Å². The molecule has 4 atom stereocenters. The Morgan fingerprint density at radius 3 is 2.02 bits per heavy atom. The van der Waals surface area contributed by atoms with Crippen molar-refractivity contribution in [1.29, 1.82) is 0 Å². The van der Waals surface area contributed by atoms with Crippen LogP contribution in [0.3, 0.4) is 0 Å². The Morgan fingerprint density at radius 2 is 1.49 bits per heavy atom. The second-order valence-electron chi connectivity index (χ2n) is 18.3. The molecule has 1 aliphatic heterocycles. The minimum absolute atomic E-state index is 0.00690. The molecule has 4 aliphatic rings. The van der Waals surface area contributed by atoms with Gasteiger partial charge in [-0.05, 0) is 82.5 Å². The highest BCUT2D eigenvalue weighted by Gasteiger charge is 2.49. The third-order valence-corrected chi connectivity index (χ3v) is 14.2. The van der Waals surface area contributed by atoms with E-state index >= 15 is 0 Å². The number of nitrogens with zero attached hydrogens (tertiary/aromatic N) is 1. The molecular weight excluding hydrogens is 671 g/mol. The Bertz CT molecular complexity index is 1400. The number of nitrogens with one attached hydrogen (secondary N) is 4. The molecule has 0 radical (unpaired) electrons. The molecule has 0 aromatic heterocycles. The van der Waals surface area contributed by atoms with Crippen LogP contribution in [-0.2, 0) is 29.0 Å². The normalized spacial score (nSPS) is 23.7. The summed E-state index contributed by atoms with van der Waals surface area (Å²) in [6.07, 6.45) is 10.2. The Morgan fingerprint density at radius 1 is 0.863 bits per heavy atom. The molecular formula is C38H65N5O7S. The monoisotopic (exact) mass is 735 g/mol. The molecule has 290 valence electrons. The summed E-state index contributed by atoms with van der Waals surface area (Å²) in [7, 11) is -3.56. The van der Waals surface area contributed by atoms with Crippen molar-refractivity contribution in [1.82, 2.24) is 26.2 Å². The molecule has 0 unspecified atom stereocenters. The lowest BCUT2D eigenvalue weighted by Gasteiger charge is -2.41. The summed E-state index contributed by atoms with van der Waals surface area (Å²) < 4.78 is 25.7. The lowest BCUT2D eigenvalue weighted by Crippen LogP contribution is -2.64. The van der Waals surface area contributed by atoms with E-state index in [0.717, 1.165) is 38.5 Å². The van der Waals surface area contributed by atoms with Crippen molar-refractivity contribution in [2.75, 3.05) is 12.3 Å². The van der Waals surface area contributed by atoms with Gasteiger partial charge in [-0.15, -0.1) is 0 Å². The van der Waals surface area contributed by atoms with E-state index in [-0.39, 0.29) is 23.6 Å². The van der Waals surface area contributed by atoms with E-state index in [2.05, 4.69) is 21.3 Å². The van der Waals surface area contributed by atoms with Crippen LogP contribution in [0.25, 0.3) is 0 Å². The maximum atomic E-state index is 14.5. The van der Waals surface area contributed by atoms with Gasteiger partial charge in [-0.3, -0.25) is 19.2 Å². The number of hydrogen-bond acceptors (Lipinski definition) is 7. The summed E-state index contributed by atoms with van der Waals surface area (Å²) >= 11 is 0. The quantitative estimate of drug-likeness (QED) is 0.181. The first-order valence-corrected chi connectivity index (χ1v) is 21.1. The fraction of sp³-hybridized carbons (Fsp3) is 0.868. The summed E-state index contributed by atoms with van der Waals surface area (Å²) in [5.74, 6) is -1.91. The standard InChI is InChI=1S/C38H65N5O7S/c1-24(2)27-19-22-43(29(27)32(45)40-28(14-12-13-25-15-16-25)30(44)33(46)39-26-17-18-26)34(47)31(36(3,4)5)41-35(48)42-38(20-10-9-11-21-38)23-51(49,50)37(6,7)8/h24-29,31H,9-23H2,1-8H3,(H,39,46)(H,40,45)(H2,41,42,48)/t27-,28-,29+,31-/m1/s1. The Hall–Kier alpha value is -2.70. The maximum absolute atomic E-state index is 14.5. The van der Waals surface area contributed by atoms with Crippen molar-refractivity contribution in [2.24, 2.45) is 23.2 Å². The molecule has 51 heavy (non-hydrogen) atoms. The highest BCUT2D eigenvalue weighted by molar-refractivity contribution is 7.92. The lowest BCUT2D eigenvalue weighted by molar-refractivity contribution is -0.145. The molecule has 5 amide bonds. The zero-order chi connectivity index (χ0) is 37.9. The summed E-state index contributed by atoms with van der Waals surface area (Å²) in [6.45, 7) is 14.8. The average Bonchev–Trinajstić information content (AvgIpc) is 3.96. The molecule has 4 N–H and O–H groups in total. The number of ketones is 1. The van der Waals surface area contributed by atoms with E-state index in [1.54, 1.807) is 20.8 Å². The Kier molecular flexibility index (Phi) is 13.0. The smallest absolute Gasteiger partial charge is 0.315 e. The minimum atomic E-state index is -3.56. The molecule has 1 saturated heterocycles. The van der Waals surface area contributed by atoms with Crippen LogP contribution in [0.15, 0.2) is 0 Å². The summed E-state index contributed by atoms with van der Waals surface area (Å²) in [4.78, 5) is 70.3. The average molecular weight is 736 g/mol. The molecule has 13 heteroatoms. The molecule has 3 saturated carbocycles. The van der Waals surface area contributed by atoms with Crippen LogP contribution in [0.4, 0.5) is 4.79 Å². The van der Waals surface area contributed by atoms with Gasteiger partial charge in [-0.25, -0.2) is 13.2 Å².